The van der Waals surface area contributed by atoms with Crippen LogP contribution in [0.25, 0.3) is 11.1 Å². The largest absolute Gasteiger partial charge is 0.490 e. The van der Waals surface area contributed by atoms with Gasteiger partial charge >= 0.3 is 0 Å². The Balaban J connectivity index is 1.53. The van der Waals surface area contributed by atoms with Gasteiger partial charge in [0.15, 0.2) is 11.6 Å². The molecule has 0 spiro atoms. The molecule has 0 radical (unpaired) electrons. The SMILES string of the molecule is Fc1ccc(-c2cncc(Oc3cc(OC4CCNCC4)cc(Cl)n3)c2)cc1F. The van der Waals surface area contributed by atoms with Crippen LogP contribution in [0.5, 0.6) is 17.4 Å². The number of rotatable bonds is 5. The van der Waals surface area contributed by atoms with Crippen LogP contribution in [-0.4, -0.2) is 29.2 Å². The number of piperidine rings is 1. The lowest BCUT2D eigenvalue weighted by Gasteiger charge is -2.24. The summed E-state index contributed by atoms with van der Waals surface area (Å²) in [5.74, 6) is -0.611. The van der Waals surface area contributed by atoms with Gasteiger partial charge in [-0.1, -0.05) is 17.7 Å². The molecule has 1 fully saturated rings. The van der Waals surface area contributed by atoms with Crippen molar-refractivity contribution in [1.29, 1.82) is 0 Å². The van der Waals surface area contributed by atoms with Crippen LogP contribution in [-0.2, 0) is 0 Å². The number of halogens is 3. The topological polar surface area (TPSA) is 56.3 Å². The van der Waals surface area contributed by atoms with E-state index in [0.29, 0.717) is 22.6 Å². The first kappa shape index (κ1) is 19.5. The fourth-order valence-electron chi connectivity index (χ4n) is 3.11. The number of pyridine rings is 2. The average molecular weight is 418 g/mol. The molecule has 0 saturated carbocycles. The molecule has 150 valence electrons. The number of nitrogens with zero attached hydrogens (tertiary/aromatic N) is 2. The summed E-state index contributed by atoms with van der Waals surface area (Å²) in [6.45, 7) is 1.82. The molecule has 4 rings (SSSR count). The Morgan fingerprint density at radius 3 is 2.55 bits per heavy atom. The van der Waals surface area contributed by atoms with Crippen molar-refractivity contribution in [3.8, 4) is 28.5 Å². The predicted molar refractivity (Wildman–Crippen MR) is 105 cm³/mol. The van der Waals surface area contributed by atoms with Crippen LogP contribution in [0.15, 0.2) is 48.8 Å². The monoisotopic (exact) mass is 417 g/mol. The van der Waals surface area contributed by atoms with E-state index in [1.807, 2.05) is 0 Å². The zero-order valence-electron chi connectivity index (χ0n) is 15.4. The molecule has 8 heteroatoms. The van der Waals surface area contributed by atoms with Gasteiger partial charge in [0.25, 0.3) is 0 Å². The predicted octanol–water partition coefficient (Wildman–Crippen LogP) is 5.00. The van der Waals surface area contributed by atoms with E-state index in [1.54, 1.807) is 18.2 Å². The Labute approximate surface area is 171 Å². The van der Waals surface area contributed by atoms with Crippen LogP contribution in [0.4, 0.5) is 8.78 Å². The first-order valence-electron chi connectivity index (χ1n) is 9.20. The van der Waals surface area contributed by atoms with Gasteiger partial charge in [-0.3, -0.25) is 4.98 Å². The quantitative estimate of drug-likeness (QED) is 0.592. The molecule has 1 N–H and O–H groups in total. The van der Waals surface area contributed by atoms with E-state index < -0.39 is 11.6 Å². The molecular weight excluding hydrogens is 400 g/mol. The molecule has 1 aliphatic heterocycles. The maximum Gasteiger partial charge on any atom is 0.224 e. The third kappa shape index (κ3) is 4.99. The highest BCUT2D eigenvalue weighted by Crippen LogP contribution is 2.30. The van der Waals surface area contributed by atoms with E-state index in [9.17, 15) is 8.78 Å². The van der Waals surface area contributed by atoms with Gasteiger partial charge in [0.05, 0.1) is 6.20 Å². The van der Waals surface area contributed by atoms with Crippen molar-refractivity contribution in [3.63, 3.8) is 0 Å². The van der Waals surface area contributed by atoms with Gasteiger partial charge in [0.1, 0.15) is 22.8 Å². The van der Waals surface area contributed by atoms with E-state index >= 15 is 0 Å². The zero-order valence-corrected chi connectivity index (χ0v) is 16.1. The van der Waals surface area contributed by atoms with Crippen molar-refractivity contribution in [1.82, 2.24) is 15.3 Å². The number of ether oxygens (including phenoxy) is 2. The summed E-state index contributed by atoms with van der Waals surface area (Å²) in [5.41, 5.74) is 1.06. The molecule has 5 nitrogen and oxygen atoms in total. The van der Waals surface area contributed by atoms with Crippen molar-refractivity contribution in [2.45, 2.75) is 18.9 Å². The Bertz CT molecular complexity index is 1010. The molecule has 3 heterocycles. The van der Waals surface area contributed by atoms with E-state index in [0.717, 1.165) is 38.1 Å². The number of aromatic nitrogens is 2. The molecule has 1 saturated heterocycles. The standard InChI is InChI=1S/C21H18ClF2N3O2/c22-20-9-16(28-15-3-5-25-6-4-15)10-21(27-20)29-17-7-14(11-26-12-17)13-1-2-18(23)19(24)8-13/h1-2,7-12,15,25H,3-6H2. The normalized spacial score (nSPS) is 14.6. The van der Waals surface area contributed by atoms with Crippen LogP contribution in [0.1, 0.15) is 12.8 Å². The van der Waals surface area contributed by atoms with Crippen molar-refractivity contribution < 1.29 is 18.3 Å². The minimum Gasteiger partial charge on any atom is -0.490 e. The molecular formula is C21H18ClF2N3O2. The van der Waals surface area contributed by atoms with Gasteiger partial charge in [-0.2, -0.15) is 0 Å². The maximum absolute atomic E-state index is 13.5. The lowest BCUT2D eigenvalue weighted by atomic mass is 10.1. The van der Waals surface area contributed by atoms with Crippen LogP contribution < -0.4 is 14.8 Å². The molecule has 2 aromatic heterocycles. The first-order valence-corrected chi connectivity index (χ1v) is 9.58. The molecule has 0 unspecified atom stereocenters. The molecule has 0 bridgehead atoms. The van der Waals surface area contributed by atoms with Gasteiger partial charge in [0.2, 0.25) is 5.88 Å². The van der Waals surface area contributed by atoms with E-state index in [-0.39, 0.29) is 17.1 Å². The number of hydrogen-bond acceptors (Lipinski definition) is 5. The molecule has 1 aliphatic rings. The second kappa shape index (κ2) is 8.71. The smallest absolute Gasteiger partial charge is 0.224 e. The van der Waals surface area contributed by atoms with Crippen molar-refractivity contribution in [3.05, 3.63) is 65.6 Å². The van der Waals surface area contributed by atoms with E-state index in [1.165, 1.54) is 18.5 Å². The van der Waals surface area contributed by atoms with Gasteiger partial charge in [0, 0.05) is 23.9 Å². The minimum absolute atomic E-state index is 0.112. The highest BCUT2D eigenvalue weighted by molar-refractivity contribution is 6.29. The van der Waals surface area contributed by atoms with Crippen molar-refractivity contribution >= 4 is 11.6 Å². The summed E-state index contributed by atoms with van der Waals surface area (Å²) in [4.78, 5) is 8.27. The fraction of sp³-hybridized carbons (Fsp3) is 0.238. The second-order valence-corrected chi connectivity index (χ2v) is 7.06. The van der Waals surface area contributed by atoms with Crippen LogP contribution in [0.3, 0.4) is 0 Å². The van der Waals surface area contributed by atoms with Crippen molar-refractivity contribution in [2.24, 2.45) is 0 Å². The highest BCUT2D eigenvalue weighted by atomic mass is 35.5. The Kier molecular flexibility index (Phi) is 5.87. The van der Waals surface area contributed by atoms with Gasteiger partial charge < -0.3 is 14.8 Å². The molecule has 3 aromatic rings. The summed E-state index contributed by atoms with van der Waals surface area (Å²) in [6.07, 6.45) is 4.98. The Hall–Kier alpha value is -2.77. The number of nitrogens with one attached hydrogen (secondary N) is 1. The Morgan fingerprint density at radius 1 is 0.931 bits per heavy atom. The van der Waals surface area contributed by atoms with Gasteiger partial charge in [-0.05, 0) is 49.7 Å². The maximum atomic E-state index is 13.5. The summed E-state index contributed by atoms with van der Waals surface area (Å²) in [5, 5.41) is 3.53. The third-order valence-electron chi connectivity index (χ3n) is 4.52. The van der Waals surface area contributed by atoms with E-state index in [4.69, 9.17) is 21.1 Å². The first-order chi connectivity index (χ1) is 14.1. The van der Waals surface area contributed by atoms with Gasteiger partial charge in [-0.15, -0.1) is 0 Å². The highest BCUT2D eigenvalue weighted by Gasteiger charge is 2.16. The number of benzene rings is 1. The second-order valence-electron chi connectivity index (χ2n) is 6.67. The summed E-state index contributed by atoms with van der Waals surface area (Å²) >= 11 is 6.12. The third-order valence-corrected chi connectivity index (χ3v) is 4.72. The lowest BCUT2D eigenvalue weighted by Crippen LogP contribution is -2.34. The van der Waals surface area contributed by atoms with Crippen LogP contribution in [0, 0.1) is 11.6 Å². The molecule has 0 aliphatic carbocycles. The molecule has 0 atom stereocenters. The summed E-state index contributed by atoms with van der Waals surface area (Å²) in [7, 11) is 0. The average Bonchev–Trinajstić information content (AvgIpc) is 2.70. The fourth-order valence-corrected chi connectivity index (χ4v) is 3.30. The summed E-state index contributed by atoms with van der Waals surface area (Å²) in [6, 6.07) is 8.63. The van der Waals surface area contributed by atoms with Crippen LogP contribution >= 0.6 is 11.6 Å². The van der Waals surface area contributed by atoms with E-state index in [2.05, 4.69) is 15.3 Å². The van der Waals surface area contributed by atoms with Crippen LogP contribution in [0.2, 0.25) is 5.15 Å². The Morgan fingerprint density at radius 2 is 1.76 bits per heavy atom. The number of hydrogen-bond donors (Lipinski definition) is 1. The minimum atomic E-state index is -0.926. The molecule has 29 heavy (non-hydrogen) atoms. The van der Waals surface area contributed by atoms with Gasteiger partial charge in [-0.25, -0.2) is 13.8 Å². The van der Waals surface area contributed by atoms with Crippen molar-refractivity contribution in [2.75, 3.05) is 13.1 Å². The zero-order chi connectivity index (χ0) is 20.2. The summed E-state index contributed by atoms with van der Waals surface area (Å²) < 4.78 is 38.5. The molecule has 0 amide bonds. The molecule has 1 aromatic carbocycles. The lowest BCUT2D eigenvalue weighted by molar-refractivity contribution is 0.162.